The molecule has 2 aromatic rings. The number of hydrogen-bond acceptors (Lipinski definition) is 6. The molecule has 0 radical (unpaired) electrons. The molecule has 4 aliphatic rings. The van der Waals surface area contributed by atoms with Crippen molar-refractivity contribution < 1.29 is 23.5 Å². The molecule has 4 heterocycles. The Kier molecular flexibility index (Phi) is 7.01. The van der Waals surface area contributed by atoms with E-state index in [-0.39, 0.29) is 40.9 Å². The Labute approximate surface area is 235 Å². The van der Waals surface area contributed by atoms with Gasteiger partial charge in [-0.2, -0.15) is 0 Å². The van der Waals surface area contributed by atoms with Crippen LogP contribution in [0.25, 0.3) is 0 Å². The Morgan fingerprint density at radius 2 is 2.00 bits per heavy atom. The highest BCUT2D eigenvalue weighted by molar-refractivity contribution is 8.04. The van der Waals surface area contributed by atoms with Gasteiger partial charge in [0.05, 0.1) is 22.0 Å². The van der Waals surface area contributed by atoms with Crippen molar-refractivity contribution in [2.45, 2.75) is 37.2 Å². The second-order valence-electron chi connectivity index (χ2n) is 10.4. The first kappa shape index (κ1) is 26.4. The molecular weight excluding hydrogens is 533 g/mol. The van der Waals surface area contributed by atoms with Crippen LogP contribution >= 0.6 is 11.8 Å². The largest absolute Gasteiger partial charge is 0.457 e. The van der Waals surface area contributed by atoms with E-state index in [1.54, 1.807) is 30.0 Å². The lowest BCUT2D eigenvalue weighted by Crippen LogP contribution is -2.62. The molecule has 0 aliphatic carbocycles. The topological polar surface area (TPSA) is 103 Å². The Balaban J connectivity index is 1.24. The smallest absolute Gasteiger partial charge is 0.326 e. The Morgan fingerprint density at radius 1 is 1.20 bits per heavy atom. The number of hydrogen-bond donors (Lipinski definition) is 3. The maximum absolute atomic E-state index is 15.7. The third-order valence-electron chi connectivity index (χ3n) is 7.80. The third kappa shape index (κ3) is 4.73. The van der Waals surface area contributed by atoms with E-state index in [4.69, 9.17) is 4.74 Å². The number of carbonyl (C=O) groups excluding carboxylic acids is 3. The summed E-state index contributed by atoms with van der Waals surface area (Å²) in [7, 11) is 0. The zero-order valence-electron chi connectivity index (χ0n) is 22.0. The molecule has 3 fully saturated rings. The number of ether oxygens (including phenoxy) is 1. The van der Waals surface area contributed by atoms with Gasteiger partial charge in [-0.05, 0) is 56.1 Å². The number of nitrogens with one attached hydrogen (secondary N) is 3. The van der Waals surface area contributed by atoms with Gasteiger partial charge in [-0.3, -0.25) is 14.5 Å². The predicted octanol–water partition coefficient (Wildman–Crippen LogP) is 3.62. The average molecular weight is 564 g/mol. The van der Waals surface area contributed by atoms with Gasteiger partial charge in [0.1, 0.15) is 11.5 Å². The zero-order valence-corrected chi connectivity index (χ0v) is 22.8. The van der Waals surface area contributed by atoms with Gasteiger partial charge in [0.2, 0.25) is 5.91 Å². The van der Waals surface area contributed by atoms with Gasteiger partial charge in [0, 0.05) is 36.8 Å². The van der Waals surface area contributed by atoms with Crippen molar-refractivity contribution in [2.24, 2.45) is 5.92 Å². The summed E-state index contributed by atoms with van der Waals surface area (Å²) in [6, 6.07) is 11.2. The van der Waals surface area contributed by atoms with Gasteiger partial charge in [-0.1, -0.05) is 36.5 Å². The summed E-state index contributed by atoms with van der Waals surface area (Å²) in [5.41, 5.74) is 1.36. The van der Waals surface area contributed by atoms with Crippen LogP contribution < -0.4 is 25.6 Å². The van der Waals surface area contributed by atoms with E-state index in [0.717, 1.165) is 0 Å². The first-order valence-corrected chi connectivity index (χ1v) is 14.2. The number of likely N-dealkylation sites (tertiary alicyclic amines) is 1. The fourth-order valence-electron chi connectivity index (χ4n) is 6.03. The van der Waals surface area contributed by atoms with Crippen LogP contribution in [0.2, 0.25) is 0 Å². The van der Waals surface area contributed by atoms with Crippen LogP contribution in [0.15, 0.2) is 65.7 Å². The lowest BCUT2D eigenvalue weighted by molar-refractivity contribution is -0.125. The highest BCUT2D eigenvalue weighted by Crippen LogP contribution is 2.48. The summed E-state index contributed by atoms with van der Waals surface area (Å²) in [5, 5.41) is 9.28. The Morgan fingerprint density at radius 3 is 2.75 bits per heavy atom. The second-order valence-corrected chi connectivity index (χ2v) is 11.5. The number of aryl methyl sites for hydroxylation is 1. The van der Waals surface area contributed by atoms with Crippen LogP contribution in [0.1, 0.15) is 18.4 Å². The molecule has 0 aromatic heterocycles. The summed E-state index contributed by atoms with van der Waals surface area (Å²) in [5.74, 6) is -0.250. The maximum Gasteiger partial charge on any atom is 0.326 e. The molecule has 6 rings (SSSR count). The molecule has 0 saturated carbocycles. The molecule has 3 N–H and O–H groups in total. The van der Waals surface area contributed by atoms with Gasteiger partial charge >= 0.3 is 6.03 Å². The van der Waals surface area contributed by atoms with Crippen molar-refractivity contribution in [1.82, 2.24) is 20.9 Å². The normalized spacial score (nSPS) is 25.4. The third-order valence-corrected chi connectivity index (χ3v) is 9.16. The summed E-state index contributed by atoms with van der Waals surface area (Å²) >= 11 is 1.39. The number of benzene rings is 2. The first-order chi connectivity index (χ1) is 19.3. The van der Waals surface area contributed by atoms with Crippen molar-refractivity contribution >= 4 is 35.3 Å². The van der Waals surface area contributed by atoms with Crippen molar-refractivity contribution in [1.29, 1.82) is 0 Å². The van der Waals surface area contributed by atoms with E-state index in [9.17, 15) is 14.4 Å². The van der Waals surface area contributed by atoms with Gasteiger partial charge in [-0.15, -0.1) is 0 Å². The van der Waals surface area contributed by atoms with E-state index in [1.807, 2.05) is 18.2 Å². The molecule has 40 heavy (non-hydrogen) atoms. The fourth-order valence-corrected chi connectivity index (χ4v) is 7.43. The number of carbonyl (C=O) groups is 3. The number of amides is 4. The molecule has 208 valence electrons. The van der Waals surface area contributed by atoms with Crippen LogP contribution in [-0.4, -0.2) is 59.8 Å². The highest BCUT2D eigenvalue weighted by Gasteiger charge is 2.52. The van der Waals surface area contributed by atoms with Crippen LogP contribution in [0.4, 0.5) is 14.9 Å². The number of anilines is 1. The molecule has 4 aliphatic heterocycles. The van der Waals surface area contributed by atoms with Crippen LogP contribution in [-0.2, 0) is 9.59 Å². The quantitative estimate of drug-likeness (QED) is 0.464. The molecule has 4 amide bonds. The molecule has 4 atom stereocenters. The lowest BCUT2D eigenvalue weighted by atomic mass is 9.86. The predicted molar refractivity (Wildman–Crippen MR) is 150 cm³/mol. The van der Waals surface area contributed by atoms with Crippen molar-refractivity contribution in [3.05, 3.63) is 77.1 Å². The standard InChI is InChI=1S/C29H30FN5O4S/c1-3-22(36)34-12-10-17(15-34)32-27(37)26-24-23-21(9-11-31-28(23)40-26)35(29(38)33-24)25-16(2)13-19(14-20(25)30)39-18-7-5-4-6-8-18/h3-8,13-14,17,21,23,28,31H,1,9-12,15H2,2H3,(H,32,37)(H,33,38)/t17-,21?,23?,28?/m1/s1. The van der Waals surface area contributed by atoms with E-state index in [0.29, 0.717) is 60.1 Å². The van der Waals surface area contributed by atoms with E-state index in [1.165, 1.54) is 28.8 Å². The number of urea groups is 1. The van der Waals surface area contributed by atoms with Gasteiger partial charge in [-0.25, -0.2) is 9.18 Å². The monoisotopic (exact) mass is 563 g/mol. The van der Waals surface area contributed by atoms with Crippen molar-refractivity contribution in [3.63, 3.8) is 0 Å². The minimum atomic E-state index is -0.549. The Bertz CT molecular complexity index is 1390. The van der Waals surface area contributed by atoms with Crippen LogP contribution in [0.3, 0.4) is 0 Å². The maximum atomic E-state index is 15.7. The number of piperidine rings is 1. The molecule has 9 nitrogen and oxygen atoms in total. The number of para-hydroxylation sites is 1. The second kappa shape index (κ2) is 10.6. The number of thioether (sulfide) groups is 1. The highest BCUT2D eigenvalue weighted by atomic mass is 32.2. The first-order valence-electron chi connectivity index (χ1n) is 13.3. The summed E-state index contributed by atoms with van der Waals surface area (Å²) in [4.78, 5) is 42.5. The Hall–Kier alpha value is -3.83. The fraction of sp³-hybridized carbons (Fsp3) is 0.345. The molecule has 2 aromatic carbocycles. The van der Waals surface area contributed by atoms with Gasteiger partial charge < -0.3 is 25.6 Å². The summed E-state index contributed by atoms with van der Waals surface area (Å²) < 4.78 is 21.5. The van der Waals surface area contributed by atoms with Crippen molar-refractivity contribution in [3.8, 4) is 11.5 Å². The van der Waals surface area contributed by atoms with E-state index < -0.39 is 11.8 Å². The number of nitrogens with zero attached hydrogens (tertiary/aromatic N) is 2. The number of rotatable bonds is 6. The summed E-state index contributed by atoms with van der Waals surface area (Å²) in [6.07, 6.45) is 2.53. The number of halogens is 1. The molecule has 0 spiro atoms. The zero-order chi connectivity index (χ0) is 28.0. The average Bonchev–Trinajstić information content (AvgIpc) is 3.55. The molecule has 3 unspecified atom stereocenters. The summed E-state index contributed by atoms with van der Waals surface area (Å²) in [6.45, 7) is 6.88. The molecular formula is C29H30FN5O4S. The molecule has 11 heteroatoms. The minimum absolute atomic E-state index is 0.135. The van der Waals surface area contributed by atoms with Gasteiger partial charge in [0.15, 0.2) is 5.82 Å². The molecule has 0 bridgehead atoms. The van der Waals surface area contributed by atoms with Gasteiger partial charge in [0.25, 0.3) is 5.91 Å². The van der Waals surface area contributed by atoms with E-state index >= 15 is 4.39 Å². The molecule has 3 saturated heterocycles. The van der Waals surface area contributed by atoms with Crippen LogP contribution in [0.5, 0.6) is 11.5 Å². The van der Waals surface area contributed by atoms with Crippen molar-refractivity contribution in [2.75, 3.05) is 24.5 Å². The minimum Gasteiger partial charge on any atom is -0.457 e. The SMILES string of the molecule is C=CC(=O)N1CC[C@@H](NC(=O)C2=C3NC(=O)N(c4c(C)cc(Oc5ccccc5)cc4F)C4CCNC(S2)C34)C1. The van der Waals surface area contributed by atoms with E-state index in [2.05, 4.69) is 22.5 Å². The van der Waals surface area contributed by atoms with Crippen LogP contribution in [0, 0.1) is 18.7 Å². The lowest BCUT2D eigenvalue weighted by Gasteiger charge is -2.46.